The van der Waals surface area contributed by atoms with Crippen LogP contribution in [-0.2, 0) is 21.1 Å². The average molecular weight is 346 g/mol. The van der Waals surface area contributed by atoms with Gasteiger partial charge in [0.05, 0.1) is 23.5 Å². The first-order valence-electron chi connectivity index (χ1n) is 6.04. The molecule has 0 bridgehead atoms. The molecule has 1 atom stereocenters. The summed E-state index contributed by atoms with van der Waals surface area (Å²) in [6, 6.07) is 7.50. The van der Waals surface area contributed by atoms with Crippen molar-refractivity contribution >= 4 is 31.7 Å². The molecule has 1 saturated heterocycles. The summed E-state index contributed by atoms with van der Waals surface area (Å²) in [5, 5.41) is 2.84. The monoisotopic (exact) mass is 345 g/mol. The third-order valence-electron chi connectivity index (χ3n) is 3.22. The van der Waals surface area contributed by atoms with Crippen molar-refractivity contribution in [2.75, 3.05) is 11.5 Å². The fraction of sp³-hybridized carbons (Fsp3) is 0.462. The normalized spacial score (nSPS) is 25.2. The molecule has 1 fully saturated rings. The summed E-state index contributed by atoms with van der Waals surface area (Å²) >= 11 is 3.34. The van der Waals surface area contributed by atoms with Crippen molar-refractivity contribution in [2.45, 2.75) is 25.3 Å². The molecule has 1 heterocycles. The summed E-state index contributed by atoms with van der Waals surface area (Å²) in [5.74, 6) is 0.0515. The molecule has 4 nitrogen and oxygen atoms in total. The van der Waals surface area contributed by atoms with Gasteiger partial charge in [-0.25, -0.2) is 8.42 Å². The van der Waals surface area contributed by atoms with E-state index in [-0.39, 0.29) is 23.8 Å². The van der Waals surface area contributed by atoms with Crippen LogP contribution in [0, 0.1) is 0 Å². The van der Waals surface area contributed by atoms with Crippen molar-refractivity contribution in [1.82, 2.24) is 5.32 Å². The second kappa shape index (κ2) is 5.25. The number of carbonyl (C=O) groups is 1. The van der Waals surface area contributed by atoms with Crippen molar-refractivity contribution in [3.8, 4) is 0 Å². The van der Waals surface area contributed by atoms with Gasteiger partial charge in [0, 0.05) is 4.47 Å². The fourth-order valence-corrected chi connectivity index (χ4v) is 4.63. The number of amides is 1. The Balaban J connectivity index is 1.97. The van der Waals surface area contributed by atoms with Gasteiger partial charge in [-0.1, -0.05) is 28.1 Å². The van der Waals surface area contributed by atoms with E-state index in [4.69, 9.17) is 0 Å². The number of benzene rings is 1. The van der Waals surface area contributed by atoms with Crippen molar-refractivity contribution in [1.29, 1.82) is 0 Å². The summed E-state index contributed by atoms with van der Waals surface area (Å²) in [5.41, 5.74) is 0.288. The fourth-order valence-electron chi connectivity index (χ4n) is 2.28. The maximum atomic E-state index is 12.0. The van der Waals surface area contributed by atoms with Gasteiger partial charge in [0.15, 0.2) is 9.84 Å². The summed E-state index contributed by atoms with van der Waals surface area (Å²) in [4.78, 5) is 12.0. The second-order valence-electron chi connectivity index (χ2n) is 5.25. The number of sulfone groups is 1. The van der Waals surface area contributed by atoms with Crippen LogP contribution in [0.2, 0.25) is 0 Å². The lowest BCUT2D eigenvalue weighted by Crippen LogP contribution is -2.47. The molecule has 1 aliphatic heterocycles. The van der Waals surface area contributed by atoms with Gasteiger partial charge >= 0.3 is 0 Å². The van der Waals surface area contributed by atoms with Gasteiger partial charge in [-0.2, -0.15) is 0 Å². The number of hydrogen-bond donors (Lipinski definition) is 1. The van der Waals surface area contributed by atoms with Gasteiger partial charge in [0.2, 0.25) is 5.91 Å². The molecular weight excluding hydrogens is 330 g/mol. The van der Waals surface area contributed by atoms with Crippen LogP contribution in [0.3, 0.4) is 0 Å². The zero-order valence-corrected chi connectivity index (χ0v) is 13.1. The standard InChI is InChI=1S/C13H16BrNO3S/c1-13(6-7-19(17,18)9-13)15-12(16)8-10-2-4-11(14)5-3-10/h2-5H,6-9H2,1H3,(H,15,16)/t13-/m0/s1. The van der Waals surface area contributed by atoms with Gasteiger partial charge in [0.1, 0.15) is 0 Å². The minimum Gasteiger partial charge on any atom is -0.350 e. The van der Waals surface area contributed by atoms with Crippen molar-refractivity contribution in [2.24, 2.45) is 0 Å². The molecule has 19 heavy (non-hydrogen) atoms. The first-order valence-corrected chi connectivity index (χ1v) is 8.65. The van der Waals surface area contributed by atoms with Crippen LogP contribution in [0.1, 0.15) is 18.9 Å². The molecule has 0 spiro atoms. The van der Waals surface area contributed by atoms with Crippen LogP contribution in [0.15, 0.2) is 28.7 Å². The molecule has 0 unspecified atom stereocenters. The predicted octanol–water partition coefficient (Wildman–Crippen LogP) is 1.68. The molecule has 0 aliphatic carbocycles. The van der Waals surface area contributed by atoms with E-state index in [1.807, 2.05) is 24.3 Å². The third-order valence-corrected chi connectivity index (χ3v) is 5.65. The lowest BCUT2D eigenvalue weighted by atomic mass is 10.0. The molecular formula is C13H16BrNO3S. The highest BCUT2D eigenvalue weighted by molar-refractivity contribution is 9.10. The number of rotatable bonds is 3. The van der Waals surface area contributed by atoms with E-state index in [2.05, 4.69) is 21.2 Å². The molecule has 0 saturated carbocycles. The lowest BCUT2D eigenvalue weighted by molar-refractivity contribution is -0.121. The zero-order valence-electron chi connectivity index (χ0n) is 10.6. The van der Waals surface area contributed by atoms with Gasteiger partial charge in [-0.3, -0.25) is 4.79 Å². The number of nitrogens with one attached hydrogen (secondary N) is 1. The van der Waals surface area contributed by atoms with Crippen LogP contribution in [0.4, 0.5) is 0 Å². The quantitative estimate of drug-likeness (QED) is 0.906. The van der Waals surface area contributed by atoms with E-state index in [1.165, 1.54) is 0 Å². The molecule has 0 aromatic heterocycles. The topological polar surface area (TPSA) is 63.2 Å². The molecule has 104 valence electrons. The minimum atomic E-state index is -3.00. The Morgan fingerprint density at radius 3 is 2.53 bits per heavy atom. The molecule has 1 N–H and O–H groups in total. The molecule has 1 aromatic rings. The van der Waals surface area contributed by atoms with Crippen LogP contribution in [0.5, 0.6) is 0 Å². The van der Waals surface area contributed by atoms with E-state index < -0.39 is 15.4 Å². The van der Waals surface area contributed by atoms with Crippen LogP contribution in [0.25, 0.3) is 0 Å². The maximum absolute atomic E-state index is 12.0. The molecule has 1 aliphatic rings. The van der Waals surface area contributed by atoms with E-state index in [1.54, 1.807) is 6.92 Å². The Morgan fingerprint density at radius 1 is 1.37 bits per heavy atom. The van der Waals surface area contributed by atoms with Gasteiger partial charge in [-0.15, -0.1) is 0 Å². The van der Waals surface area contributed by atoms with Crippen molar-refractivity contribution in [3.63, 3.8) is 0 Å². The summed E-state index contributed by atoms with van der Waals surface area (Å²) in [6.45, 7) is 1.79. The van der Waals surface area contributed by atoms with Crippen LogP contribution < -0.4 is 5.32 Å². The molecule has 2 rings (SSSR count). The van der Waals surface area contributed by atoms with Gasteiger partial charge in [0.25, 0.3) is 0 Å². The SMILES string of the molecule is C[C@]1(NC(=O)Cc2ccc(Br)cc2)CCS(=O)(=O)C1. The first kappa shape index (κ1) is 14.5. The van der Waals surface area contributed by atoms with Crippen LogP contribution in [-0.4, -0.2) is 31.4 Å². The average Bonchev–Trinajstić information content (AvgIpc) is 2.56. The van der Waals surface area contributed by atoms with Gasteiger partial charge < -0.3 is 5.32 Å². The van der Waals surface area contributed by atoms with Crippen molar-refractivity contribution < 1.29 is 13.2 Å². The summed E-state index contributed by atoms with van der Waals surface area (Å²) < 4.78 is 23.9. The van der Waals surface area contributed by atoms with Gasteiger partial charge in [-0.05, 0) is 31.0 Å². The van der Waals surface area contributed by atoms with E-state index >= 15 is 0 Å². The Kier molecular flexibility index (Phi) is 4.01. The molecule has 0 radical (unpaired) electrons. The highest BCUT2D eigenvalue weighted by Gasteiger charge is 2.39. The van der Waals surface area contributed by atoms with Crippen LogP contribution >= 0.6 is 15.9 Å². The number of halogens is 1. The van der Waals surface area contributed by atoms with Crippen molar-refractivity contribution in [3.05, 3.63) is 34.3 Å². The molecule has 6 heteroatoms. The van der Waals surface area contributed by atoms with E-state index in [9.17, 15) is 13.2 Å². The predicted molar refractivity (Wildman–Crippen MR) is 77.7 cm³/mol. The largest absolute Gasteiger partial charge is 0.350 e. The molecule has 1 amide bonds. The van der Waals surface area contributed by atoms with E-state index in [0.29, 0.717) is 6.42 Å². The zero-order chi connectivity index (χ0) is 14.1. The molecule has 1 aromatic carbocycles. The Hall–Kier alpha value is -0.880. The Morgan fingerprint density at radius 2 is 2.00 bits per heavy atom. The highest BCUT2D eigenvalue weighted by atomic mass is 79.9. The smallest absolute Gasteiger partial charge is 0.224 e. The summed E-state index contributed by atoms with van der Waals surface area (Å²) in [7, 11) is -3.00. The minimum absolute atomic E-state index is 0.0338. The Labute approximate surface area is 121 Å². The maximum Gasteiger partial charge on any atom is 0.224 e. The lowest BCUT2D eigenvalue weighted by Gasteiger charge is -2.23. The Bertz CT molecular complexity index is 582. The van der Waals surface area contributed by atoms with E-state index in [0.717, 1.165) is 10.0 Å². The number of carbonyl (C=O) groups excluding carboxylic acids is 1. The number of hydrogen-bond acceptors (Lipinski definition) is 3. The second-order valence-corrected chi connectivity index (χ2v) is 8.35. The summed E-state index contributed by atoms with van der Waals surface area (Å²) in [6.07, 6.45) is 0.754. The highest BCUT2D eigenvalue weighted by Crippen LogP contribution is 2.23. The first-order chi connectivity index (χ1) is 8.78. The third kappa shape index (κ3) is 4.04.